The molecule has 30 heavy (non-hydrogen) atoms. The van der Waals surface area contributed by atoms with E-state index in [-0.39, 0.29) is 35.6 Å². The van der Waals surface area contributed by atoms with Crippen LogP contribution in [0.1, 0.15) is 30.9 Å². The van der Waals surface area contributed by atoms with Crippen LogP contribution in [0.25, 0.3) is 0 Å². The van der Waals surface area contributed by atoms with E-state index in [0.29, 0.717) is 6.42 Å². The van der Waals surface area contributed by atoms with Gasteiger partial charge in [0.2, 0.25) is 17.7 Å². The minimum Gasteiger partial charge on any atom is -0.395 e. The summed E-state index contributed by atoms with van der Waals surface area (Å²) in [4.78, 5) is 41.3. The lowest BCUT2D eigenvalue weighted by atomic mass is 9.66. The Balaban J connectivity index is 1.74. The largest absolute Gasteiger partial charge is 0.395 e. The first-order valence-corrected chi connectivity index (χ1v) is 11.2. The van der Waals surface area contributed by atoms with Crippen LogP contribution >= 0.6 is 11.8 Å². The lowest BCUT2D eigenvalue weighted by Gasteiger charge is -2.34. The van der Waals surface area contributed by atoms with Crippen LogP contribution in [0.5, 0.6) is 0 Å². The summed E-state index contributed by atoms with van der Waals surface area (Å²) >= 11 is 1.63. The summed E-state index contributed by atoms with van der Waals surface area (Å²) in [6.07, 6.45) is 1.48. The highest BCUT2D eigenvalue weighted by molar-refractivity contribution is 8.02. The summed E-state index contributed by atoms with van der Waals surface area (Å²) in [5.74, 6) is -1.63. The van der Waals surface area contributed by atoms with Crippen LogP contribution < -0.4 is 10.6 Å². The Morgan fingerprint density at radius 1 is 1.27 bits per heavy atom. The highest BCUT2D eigenvalue weighted by Crippen LogP contribution is 2.71. The van der Waals surface area contributed by atoms with Gasteiger partial charge in [-0.3, -0.25) is 14.4 Å². The normalized spacial score (nSPS) is 34.2. The summed E-state index contributed by atoms with van der Waals surface area (Å²) in [7, 11) is 1.59. The summed E-state index contributed by atoms with van der Waals surface area (Å²) in [6, 6.07) is 5.14. The molecule has 3 amide bonds. The second kappa shape index (κ2) is 7.27. The van der Waals surface area contributed by atoms with Crippen molar-refractivity contribution in [3.8, 4) is 0 Å². The van der Waals surface area contributed by atoms with Crippen molar-refractivity contribution >= 4 is 35.2 Å². The van der Waals surface area contributed by atoms with E-state index in [0.717, 1.165) is 23.2 Å². The van der Waals surface area contributed by atoms with E-state index in [1.807, 2.05) is 39.0 Å². The van der Waals surface area contributed by atoms with Crippen molar-refractivity contribution in [3.05, 3.63) is 29.3 Å². The molecule has 3 aliphatic heterocycles. The first kappa shape index (κ1) is 21.2. The number of aliphatic hydroxyl groups is 1. The van der Waals surface area contributed by atoms with Gasteiger partial charge in [-0.05, 0) is 50.8 Å². The molecule has 1 aromatic rings. The number of rotatable bonds is 5. The molecule has 0 radical (unpaired) electrons. The SMILES string of the molecule is CNC(=O)[C@@H]1[C@H]2C(=O)N(CCO)C(C(=O)Nc3cc(C)ccc3C)C23CC[C@@]1(C)S3. The minimum absolute atomic E-state index is 0.0830. The van der Waals surface area contributed by atoms with Crippen LogP contribution in [0, 0.1) is 25.7 Å². The molecule has 1 spiro atoms. The highest BCUT2D eigenvalue weighted by Gasteiger charge is 2.76. The topological polar surface area (TPSA) is 98.7 Å². The number of anilines is 1. The number of β-amino-alcohol motifs (C(OH)–C–C–N with tert-alkyl or cyclic N) is 1. The third-order valence-electron chi connectivity index (χ3n) is 7.05. The smallest absolute Gasteiger partial charge is 0.248 e. The number of amides is 3. The Morgan fingerprint density at radius 3 is 2.67 bits per heavy atom. The zero-order valence-corrected chi connectivity index (χ0v) is 18.6. The lowest BCUT2D eigenvalue weighted by molar-refractivity contribution is -0.140. The maximum Gasteiger partial charge on any atom is 0.248 e. The lowest BCUT2D eigenvalue weighted by Crippen LogP contribution is -2.52. The van der Waals surface area contributed by atoms with Gasteiger partial charge in [-0.1, -0.05) is 12.1 Å². The maximum atomic E-state index is 13.6. The molecule has 2 bridgehead atoms. The first-order valence-electron chi connectivity index (χ1n) is 10.4. The Bertz CT molecular complexity index is 922. The van der Waals surface area contributed by atoms with Crippen LogP contribution in [0.4, 0.5) is 5.69 Å². The number of hydrogen-bond acceptors (Lipinski definition) is 5. The number of thioether (sulfide) groups is 1. The van der Waals surface area contributed by atoms with Crippen LogP contribution in [-0.2, 0) is 14.4 Å². The molecule has 4 rings (SSSR count). The summed E-state index contributed by atoms with van der Waals surface area (Å²) in [5, 5.41) is 15.4. The van der Waals surface area contributed by atoms with Gasteiger partial charge in [-0.2, -0.15) is 0 Å². The van der Waals surface area contributed by atoms with Gasteiger partial charge in [-0.15, -0.1) is 11.8 Å². The van der Waals surface area contributed by atoms with E-state index in [4.69, 9.17) is 0 Å². The third kappa shape index (κ3) is 2.87. The molecule has 8 heteroatoms. The van der Waals surface area contributed by atoms with Gasteiger partial charge in [0.25, 0.3) is 0 Å². The number of aryl methyl sites for hydroxylation is 2. The summed E-state index contributed by atoms with van der Waals surface area (Å²) in [5.41, 5.74) is 2.70. The fraction of sp³-hybridized carbons (Fsp3) is 0.591. The molecule has 0 aromatic heterocycles. The number of carbonyl (C=O) groups excluding carboxylic acids is 3. The summed E-state index contributed by atoms with van der Waals surface area (Å²) in [6.45, 7) is 5.78. The molecule has 3 heterocycles. The van der Waals surface area contributed by atoms with Crippen LogP contribution in [-0.4, -0.2) is 63.5 Å². The minimum atomic E-state index is -0.719. The van der Waals surface area contributed by atoms with Crippen molar-refractivity contribution in [1.82, 2.24) is 10.2 Å². The number of nitrogens with one attached hydrogen (secondary N) is 2. The number of carbonyl (C=O) groups is 3. The zero-order valence-electron chi connectivity index (χ0n) is 17.8. The fourth-order valence-corrected chi connectivity index (χ4v) is 8.06. The van der Waals surface area contributed by atoms with Crippen molar-refractivity contribution in [3.63, 3.8) is 0 Å². The van der Waals surface area contributed by atoms with Crippen LogP contribution in [0.3, 0.4) is 0 Å². The number of nitrogens with zero attached hydrogens (tertiary/aromatic N) is 1. The number of fused-ring (bicyclic) bond motifs is 1. The molecule has 162 valence electrons. The molecule has 7 nitrogen and oxygen atoms in total. The van der Waals surface area contributed by atoms with Gasteiger partial charge >= 0.3 is 0 Å². The van der Waals surface area contributed by atoms with Crippen LogP contribution in [0.2, 0.25) is 0 Å². The van der Waals surface area contributed by atoms with E-state index in [2.05, 4.69) is 10.6 Å². The molecule has 3 aliphatic rings. The van der Waals surface area contributed by atoms with Gasteiger partial charge in [0.1, 0.15) is 6.04 Å². The van der Waals surface area contributed by atoms with Crippen molar-refractivity contribution < 1.29 is 19.5 Å². The fourth-order valence-electron chi connectivity index (χ4n) is 5.70. The quantitative estimate of drug-likeness (QED) is 0.656. The molecule has 3 saturated heterocycles. The first-order chi connectivity index (χ1) is 14.2. The van der Waals surface area contributed by atoms with Gasteiger partial charge in [0.15, 0.2) is 0 Å². The number of hydrogen-bond donors (Lipinski definition) is 3. The van der Waals surface area contributed by atoms with Crippen molar-refractivity contribution in [2.75, 3.05) is 25.5 Å². The molecule has 2 unspecified atom stereocenters. The van der Waals surface area contributed by atoms with E-state index >= 15 is 0 Å². The van der Waals surface area contributed by atoms with E-state index in [1.165, 1.54) is 4.90 Å². The molecule has 1 aromatic carbocycles. The second-order valence-electron chi connectivity index (χ2n) is 8.90. The Hall–Kier alpha value is -2.06. The highest BCUT2D eigenvalue weighted by atomic mass is 32.2. The number of likely N-dealkylation sites (tertiary alicyclic amines) is 1. The van der Waals surface area contributed by atoms with Crippen molar-refractivity contribution in [2.24, 2.45) is 11.8 Å². The number of benzene rings is 1. The predicted octanol–water partition coefficient (Wildman–Crippen LogP) is 1.46. The molecular weight excluding hydrogens is 402 g/mol. The van der Waals surface area contributed by atoms with Gasteiger partial charge in [0, 0.05) is 24.0 Å². The number of aliphatic hydroxyl groups excluding tert-OH is 1. The Kier molecular flexibility index (Phi) is 5.13. The monoisotopic (exact) mass is 431 g/mol. The van der Waals surface area contributed by atoms with E-state index in [1.54, 1.807) is 18.8 Å². The average Bonchev–Trinajstić information content (AvgIpc) is 3.26. The Labute approximate surface area is 181 Å². The third-order valence-corrected chi connectivity index (χ3v) is 9.03. The van der Waals surface area contributed by atoms with Crippen molar-refractivity contribution in [2.45, 2.75) is 49.1 Å². The van der Waals surface area contributed by atoms with Gasteiger partial charge < -0.3 is 20.6 Å². The standard InChI is InChI=1S/C22H29N3O4S/c1-12-5-6-13(2)14(11-12)24-19(28)17-22-8-7-21(3,30-22)15(18(27)23-4)16(22)20(29)25(17)9-10-26/h5-6,11,15-17,26H,7-10H2,1-4H3,(H,23,27)(H,24,28)/t15-,16-,17?,21+,22?/m0/s1. The van der Waals surface area contributed by atoms with Crippen molar-refractivity contribution in [1.29, 1.82) is 0 Å². The predicted molar refractivity (Wildman–Crippen MR) is 116 cm³/mol. The molecule has 3 fully saturated rings. The Morgan fingerprint density at radius 2 is 2.00 bits per heavy atom. The molecular formula is C22H29N3O4S. The van der Waals surface area contributed by atoms with Gasteiger partial charge in [-0.25, -0.2) is 0 Å². The van der Waals surface area contributed by atoms with E-state index in [9.17, 15) is 19.5 Å². The van der Waals surface area contributed by atoms with Gasteiger partial charge in [0.05, 0.1) is 23.2 Å². The zero-order chi connectivity index (χ0) is 21.8. The van der Waals surface area contributed by atoms with Crippen LogP contribution in [0.15, 0.2) is 18.2 Å². The molecule has 0 saturated carbocycles. The second-order valence-corrected chi connectivity index (χ2v) is 10.8. The summed E-state index contributed by atoms with van der Waals surface area (Å²) < 4.78 is -1.02. The molecule has 0 aliphatic carbocycles. The van der Waals surface area contributed by atoms with E-state index < -0.39 is 22.6 Å². The molecule has 3 N–H and O–H groups in total. The molecule has 5 atom stereocenters. The maximum absolute atomic E-state index is 13.6. The average molecular weight is 432 g/mol.